The summed E-state index contributed by atoms with van der Waals surface area (Å²) in [5.74, 6) is 1.98. The van der Waals surface area contributed by atoms with Gasteiger partial charge in [-0.1, -0.05) is 54.9 Å². The maximum atomic E-state index is 6.11. The van der Waals surface area contributed by atoms with Crippen LogP contribution in [0.4, 0.5) is 0 Å². The van der Waals surface area contributed by atoms with Crippen molar-refractivity contribution in [1.82, 2.24) is 15.2 Å². The number of rotatable bonds is 4. The molecule has 3 nitrogen and oxygen atoms in total. The molecule has 1 N–H and O–H groups in total. The first-order valence-electron chi connectivity index (χ1n) is 5.55. The molecule has 0 saturated heterocycles. The molecule has 0 fully saturated rings. The lowest BCUT2D eigenvalue weighted by molar-refractivity contribution is 0.780. The van der Waals surface area contributed by atoms with E-state index in [9.17, 15) is 0 Å². The van der Waals surface area contributed by atoms with Crippen LogP contribution in [0.3, 0.4) is 0 Å². The van der Waals surface area contributed by atoms with Crippen LogP contribution in [0.2, 0.25) is 10.0 Å². The molecule has 0 aliphatic rings. The number of hydrogen-bond donors (Lipinski definition) is 1. The van der Waals surface area contributed by atoms with Crippen molar-refractivity contribution in [3.63, 3.8) is 0 Å². The van der Waals surface area contributed by atoms with Gasteiger partial charge in [0.15, 0.2) is 0 Å². The first-order chi connectivity index (χ1) is 8.56. The van der Waals surface area contributed by atoms with E-state index in [-0.39, 0.29) is 0 Å². The van der Waals surface area contributed by atoms with Crippen LogP contribution in [0.1, 0.15) is 31.2 Å². The molecule has 0 saturated carbocycles. The van der Waals surface area contributed by atoms with Gasteiger partial charge in [0.1, 0.15) is 5.82 Å². The molecular formula is C12H13Cl2N3S. The highest BCUT2D eigenvalue weighted by molar-refractivity contribution is 7.98. The Hall–Kier alpha value is -0.710. The van der Waals surface area contributed by atoms with E-state index in [1.54, 1.807) is 17.8 Å². The van der Waals surface area contributed by atoms with Crippen molar-refractivity contribution in [1.29, 1.82) is 0 Å². The summed E-state index contributed by atoms with van der Waals surface area (Å²) in [6.07, 6.45) is 0. The lowest BCUT2D eigenvalue weighted by Gasteiger charge is -2.02. The molecule has 1 heterocycles. The summed E-state index contributed by atoms with van der Waals surface area (Å²) < 4.78 is 0. The average molecular weight is 302 g/mol. The van der Waals surface area contributed by atoms with Crippen LogP contribution in [0, 0.1) is 0 Å². The SMILES string of the molecule is CC(C)c1nc(SCc2ccc(Cl)cc2Cl)n[nH]1. The molecule has 0 atom stereocenters. The van der Waals surface area contributed by atoms with Crippen molar-refractivity contribution in [2.75, 3.05) is 0 Å². The number of benzene rings is 1. The fourth-order valence-electron chi connectivity index (χ4n) is 1.36. The van der Waals surface area contributed by atoms with Gasteiger partial charge in [-0.2, -0.15) is 0 Å². The molecule has 96 valence electrons. The molecular weight excluding hydrogens is 289 g/mol. The van der Waals surface area contributed by atoms with Gasteiger partial charge >= 0.3 is 0 Å². The Bertz CT molecular complexity index is 540. The zero-order valence-corrected chi connectivity index (χ0v) is 12.4. The van der Waals surface area contributed by atoms with Crippen LogP contribution in [-0.2, 0) is 5.75 Å². The minimum Gasteiger partial charge on any atom is -0.262 e. The second-order valence-electron chi connectivity index (χ2n) is 4.18. The van der Waals surface area contributed by atoms with E-state index in [0.29, 0.717) is 16.0 Å². The van der Waals surface area contributed by atoms with Crippen molar-refractivity contribution in [3.05, 3.63) is 39.6 Å². The van der Waals surface area contributed by atoms with Crippen molar-refractivity contribution in [3.8, 4) is 0 Å². The highest BCUT2D eigenvalue weighted by Gasteiger charge is 2.08. The predicted octanol–water partition coefficient (Wildman–Crippen LogP) is 4.53. The molecule has 0 aliphatic heterocycles. The molecule has 1 aromatic heterocycles. The number of H-pyrrole nitrogens is 1. The number of halogens is 2. The minimum absolute atomic E-state index is 0.353. The van der Waals surface area contributed by atoms with E-state index >= 15 is 0 Å². The van der Waals surface area contributed by atoms with E-state index in [0.717, 1.165) is 22.3 Å². The van der Waals surface area contributed by atoms with Crippen LogP contribution < -0.4 is 0 Å². The van der Waals surface area contributed by atoms with E-state index < -0.39 is 0 Å². The summed E-state index contributed by atoms with van der Waals surface area (Å²) in [6.45, 7) is 4.15. The monoisotopic (exact) mass is 301 g/mol. The summed E-state index contributed by atoms with van der Waals surface area (Å²) in [7, 11) is 0. The molecule has 18 heavy (non-hydrogen) atoms. The maximum Gasteiger partial charge on any atom is 0.208 e. The van der Waals surface area contributed by atoms with Crippen LogP contribution >= 0.6 is 35.0 Å². The van der Waals surface area contributed by atoms with Crippen molar-refractivity contribution < 1.29 is 0 Å². The Morgan fingerprint density at radius 1 is 1.33 bits per heavy atom. The van der Waals surface area contributed by atoms with Gasteiger partial charge < -0.3 is 0 Å². The Morgan fingerprint density at radius 3 is 2.72 bits per heavy atom. The molecule has 6 heteroatoms. The number of nitrogens with zero attached hydrogens (tertiary/aromatic N) is 2. The molecule has 0 bridgehead atoms. The van der Waals surface area contributed by atoms with Crippen molar-refractivity contribution in [2.24, 2.45) is 0 Å². The highest BCUT2D eigenvalue weighted by Crippen LogP contribution is 2.27. The van der Waals surface area contributed by atoms with Crippen LogP contribution in [0.25, 0.3) is 0 Å². The fraction of sp³-hybridized carbons (Fsp3) is 0.333. The maximum absolute atomic E-state index is 6.11. The van der Waals surface area contributed by atoms with Crippen molar-refractivity contribution >= 4 is 35.0 Å². The largest absolute Gasteiger partial charge is 0.262 e. The standard InChI is InChI=1S/C12H13Cl2N3S/c1-7(2)11-15-12(17-16-11)18-6-8-3-4-9(13)5-10(8)14/h3-5,7H,6H2,1-2H3,(H,15,16,17). The summed E-state index contributed by atoms with van der Waals surface area (Å²) >= 11 is 13.5. The van der Waals surface area contributed by atoms with Gasteiger partial charge in [0.05, 0.1) is 0 Å². The van der Waals surface area contributed by atoms with Crippen LogP contribution in [0.15, 0.2) is 23.4 Å². The van der Waals surface area contributed by atoms with E-state index in [2.05, 4.69) is 29.0 Å². The van der Waals surface area contributed by atoms with Gasteiger partial charge in [-0.05, 0) is 17.7 Å². The Balaban J connectivity index is 2.02. The number of aromatic nitrogens is 3. The number of aromatic amines is 1. The minimum atomic E-state index is 0.353. The van der Waals surface area contributed by atoms with Gasteiger partial charge in [0, 0.05) is 21.7 Å². The zero-order chi connectivity index (χ0) is 13.1. The first kappa shape index (κ1) is 13.7. The molecule has 0 aliphatic carbocycles. The lowest BCUT2D eigenvalue weighted by Crippen LogP contribution is -1.89. The number of thioether (sulfide) groups is 1. The Kier molecular flexibility index (Phi) is 4.54. The van der Waals surface area contributed by atoms with Gasteiger partial charge in [-0.15, -0.1) is 5.10 Å². The summed E-state index contributed by atoms with van der Waals surface area (Å²) in [5, 5.41) is 9.15. The lowest BCUT2D eigenvalue weighted by atomic mass is 10.2. The average Bonchev–Trinajstić information content (AvgIpc) is 2.76. The van der Waals surface area contributed by atoms with Gasteiger partial charge in [-0.25, -0.2) is 4.98 Å². The van der Waals surface area contributed by atoms with Gasteiger partial charge in [0.2, 0.25) is 5.16 Å². The highest BCUT2D eigenvalue weighted by atomic mass is 35.5. The zero-order valence-electron chi connectivity index (χ0n) is 10.1. The molecule has 0 amide bonds. The van der Waals surface area contributed by atoms with Gasteiger partial charge in [-0.3, -0.25) is 5.10 Å². The smallest absolute Gasteiger partial charge is 0.208 e. The van der Waals surface area contributed by atoms with Crippen LogP contribution in [-0.4, -0.2) is 15.2 Å². The molecule has 2 rings (SSSR count). The third-order valence-corrected chi connectivity index (χ3v) is 3.88. The summed E-state index contributed by atoms with van der Waals surface area (Å²) in [6, 6.07) is 5.51. The summed E-state index contributed by atoms with van der Waals surface area (Å²) in [5.41, 5.74) is 1.03. The third-order valence-electron chi connectivity index (χ3n) is 2.40. The quantitative estimate of drug-likeness (QED) is 0.844. The second-order valence-corrected chi connectivity index (χ2v) is 5.97. The van der Waals surface area contributed by atoms with E-state index in [1.165, 1.54) is 0 Å². The molecule has 2 aromatic rings. The Labute approximate surface area is 120 Å². The number of hydrogen-bond acceptors (Lipinski definition) is 3. The molecule has 1 aromatic carbocycles. The first-order valence-corrected chi connectivity index (χ1v) is 7.29. The van der Waals surface area contributed by atoms with Crippen LogP contribution in [0.5, 0.6) is 0 Å². The third kappa shape index (κ3) is 3.40. The Morgan fingerprint density at radius 2 is 2.11 bits per heavy atom. The van der Waals surface area contributed by atoms with E-state index in [4.69, 9.17) is 23.2 Å². The molecule has 0 spiro atoms. The second kappa shape index (κ2) is 5.95. The van der Waals surface area contributed by atoms with E-state index in [1.807, 2.05) is 12.1 Å². The topological polar surface area (TPSA) is 41.6 Å². The molecule has 0 unspecified atom stereocenters. The summed E-state index contributed by atoms with van der Waals surface area (Å²) in [4.78, 5) is 4.40. The fourth-order valence-corrected chi connectivity index (χ4v) is 2.73. The molecule has 0 radical (unpaired) electrons. The predicted molar refractivity (Wildman–Crippen MR) is 76.5 cm³/mol. The van der Waals surface area contributed by atoms with Gasteiger partial charge in [0.25, 0.3) is 0 Å². The number of nitrogens with one attached hydrogen (secondary N) is 1. The van der Waals surface area contributed by atoms with Crippen molar-refractivity contribution in [2.45, 2.75) is 30.7 Å². The normalized spacial score (nSPS) is 11.2.